The standard InChI is InChI=1S/C10H10BrNO3S/c1-6(10(12)14)15-9(13)5-3-7-2-4-8(11)16-7/h2-6H,1H3,(H2,12,14)/b5-3+/t6-/m0/s1. The van der Waals surface area contributed by atoms with E-state index >= 15 is 0 Å². The van der Waals surface area contributed by atoms with Crippen molar-refractivity contribution in [1.29, 1.82) is 0 Å². The average Bonchev–Trinajstić information content (AvgIpc) is 2.61. The third-order valence-electron chi connectivity index (χ3n) is 1.67. The fourth-order valence-corrected chi connectivity index (χ4v) is 2.17. The number of esters is 1. The summed E-state index contributed by atoms with van der Waals surface area (Å²) in [7, 11) is 0. The largest absolute Gasteiger partial charge is 0.449 e. The molecule has 0 aromatic carbocycles. The number of nitrogens with two attached hydrogens (primary N) is 1. The first-order valence-corrected chi connectivity index (χ1v) is 6.03. The zero-order valence-electron chi connectivity index (χ0n) is 8.48. The molecule has 1 amide bonds. The monoisotopic (exact) mass is 303 g/mol. The zero-order chi connectivity index (χ0) is 12.1. The Balaban J connectivity index is 2.51. The van der Waals surface area contributed by atoms with Crippen LogP contribution in [0.3, 0.4) is 0 Å². The predicted octanol–water partition coefficient (Wildman–Crippen LogP) is 1.94. The van der Waals surface area contributed by atoms with Crippen molar-refractivity contribution in [3.63, 3.8) is 0 Å². The van der Waals surface area contributed by atoms with Crippen molar-refractivity contribution in [3.8, 4) is 0 Å². The van der Waals surface area contributed by atoms with Crippen LogP contribution in [0.4, 0.5) is 0 Å². The Bertz CT molecular complexity index is 427. The SMILES string of the molecule is C[C@H](OC(=O)/C=C/c1ccc(Br)s1)C(N)=O. The summed E-state index contributed by atoms with van der Waals surface area (Å²) in [6.45, 7) is 1.43. The number of ether oxygens (including phenoxy) is 1. The Morgan fingerprint density at radius 3 is 2.75 bits per heavy atom. The van der Waals surface area contributed by atoms with Crippen molar-refractivity contribution < 1.29 is 14.3 Å². The summed E-state index contributed by atoms with van der Waals surface area (Å²) in [6.07, 6.45) is 1.97. The summed E-state index contributed by atoms with van der Waals surface area (Å²) in [5.41, 5.74) is 4.95. The fraction of sp³-hybridized carbons (Fsp3) is 0.200. The molecule has 0 aliphatic heterocycles. The minimum atomic E-state index is -0.910. The highest BCUT2D eigenvalue weighted by molar-refractivity contribution is 9.11. The van der Waals surface area contributed by atoms with Crippen molar-refractivity contribution in [2.45, 2.75) is 13.0 Å². The van der Waals surface area contributed by atoms with Crippen LogP contribution in [0.1, 0.15) is 11.8 Å². The molecule has 0 spiro atoms. The van der Waals surface area contributed by atoms with Crippen LogP contribution >= 0.6 is 27.3 Å². The van der Waals surface area contributed by atoms with Gasteiger partial charge in [0.15, 0.2) is 6.10 Å². The predicted molar refractivity (Wildman–Crippen MR) is 65.8 cm³/mol. The van der Waals surface area contributed by atoms with Crippen LogP contribution in [0.2, 0.25) is 0 Å². The molecule has 0 bridgehead atoms. The van der Waals surface area contributed by atoms with Crippen LogP contribution < -0.4 is 5.73 Å². The summed E-state index contributed by atoms with van der Waals surface area (Å²) in [4.78, 5) is 22.8. The van der Waals surface area contributed by atoms with E-state index in [0.29, 0.717) is 0 Å². The lowest BCUT2D eigenvalue weighted by atomic mass is 10.4. The molecular weight excluding hydrogens is 294 g/mol. The van der Waals surface area contributed by atoms with E-state index in [2.05, 4.69) is 15.9 Å². The molecule has 0 aliphatic rings. The van der Waals surface area contributed by atoms with Gasteiger partial charge in [0, 0.05) is 11.0 Å². The van der Waals surface area contributed by atoms with E-state index < -0.39 is 18.0 Å². The number of rotatable bonds is 4. The van der Waals surface area contributed by atoms with E-state index in [1.165, 1.54) is 24.3 Å². The number of thiophene rings is 1. The fourth-order valence-electron chi connectivity index (χ4n) is 0.840. The lowest BCUT2D eigenvalue weighted by molar-refractivity contribution is -0.148. The molecule has 2 N–H and O–H groups in total. The number of hydrogen-bond donors (Lipinski definition) is 1. The Hall–Kier alpha value is -1.14. The lowest BCUT2D eigenvalue weighted by Gasteiger charge is -2.06. The maximum atomic E-state index is 11.2. The lowest BCUT2D eigenvalue weighted by Crippen LogP contribution is -2.29. The van der Waals surface area contributed by atoms with Crippen LogP contribution in [-0.4, -0.2) is 18.0 Å². The maximum absolute atomic E-state index is 11.2. The molecule has 0 fully saturated rings. The molecule has 4 nitrogen and oxygen atoms in total. The van der Waals surface area contributed by atoms with E-state index in [4.69, 9.17) is 10.5 Å². The molecule has 1 rings (SSSR count). The molecule has 86 valence electrons. The van der Waals surface area contributed by atoms with Crippen molar-refractivity contribution in [3.05, 3.63) is 26.9 Å². The average molecular weight is 304 g/mol. The van der Waals surface area contributed by atoms with E-state index in [1.807, 2.05) is 12.1 Å². The highest BCUT2D eigenvalue weighted by Gasteiger charge is 2.11. The summed E-state index contributed by atoms with van der Waals surface area (Å²) < 4.78 is 5.71. The summed E-state index contributed by atoms with van der Waals surface area (Å²) in [6, 6.07) is 3.73. The molecule has 16 heavy (non-hydrogen) atoms. The second-order valence-electron chi connectivity index (χ2n) is 2.96. The van der Waals surface area contributed by atoms with Gasteiger partial charge < -0.3 is 10.5 Å². The van der Waals surface area contributed by atoms with Crippen LogP contribution in [0.25, 0.3) is 6.08 Å². The van der Waals surface area contributed by atoms with E-state index in [-0.39, 0.29) is 0 Å². The van der Waals surface area contributed by atoms with Crippen LogP contribution in [0.15, 0.2) is 22.0 Å². The van der Waals surface area contributed by atoms with Gasteiger partial charge >= 0.3 is 5.97 Å². The molecule has 0 saturated carbocycles. The van der Waals surface area contributed by atoms with Crippen LogP contribution in [-0.2, 0) is 14.3 Å². The van der Waals surface area contributed by atoms with Crippen LogP contribution in [0, 0.1) is 0 Å². The normalized spacial score (nSPS) is 12.6. The first kappa shape index (κ1) is 12.9. The van der Waals surface area contributed by atoms with E-state index in [9.17, 15) is 9.59 Å². The summed E-state index contributed by atoms with van der Waals surface area (Å²) in [5.74, 6) is -1.25. The van der Waals surface area contributed by atoms with Gasteiger partial charge in [-0.1, -0.05) is 0 Å². The second-order valence-corrected chi connectivity index (χ2v) is 5.45. The minimum Gasteiger partial charge on any atom is -0.449 e. The number of carbonyl (C=O) groups is 2. The maximum Gasteiger partial charge on any atom is 0.331 e. The molecule has 0 saturated heterocycles. The number of primary amides is 1. The highest BCUT2D eigenvalue weighted by Crippen LogP contribution is 2.22. The van der Waals surface area contributed by atoms with Crippen molar-refractivity contribution in [2.75, 3.05) is 0 Å². The topological polar surface area (TPSA) is 69.4 Å². The first-order valence-electron chi connectivity index (χ1n) is 4.42. The van der Waals surface area contributed by atoms with Gasteiger partial charge in [-0.15, -0.1) is 11.3 Å². The Morgan fingerprint density at radius 2 is 2.25 bits per heavy atom. The van der Waals surface area contributed by atoms with Gasteiger partial charge in [0.2, 0.25) is 0 Å². The molecule has 1 aromatic heterocycles. The third kappa shape index (κ3) is 4.16. The third-order valence-corrected chi connectivity index (χ3v) is 3.26. The van der Waals surface area contributed by atoms with Gasteiger partial charge in [0.1, 0.15) is 0 Å². The van der Waals surface area contributed by atoms with E-state index in [1.54, 1.807) is 6.08 Å². The van der Waals surface area contributed by atoms with Gasteiger partial charge in [-0.05, 0) is 41.1 Å². The minimum absolute atomic E-state index is 0.587. The van der Waals surface area contributed by atoms with Crippen molar-refractivity contribution in [2.24, 2.45) is 5.73 Å². The molecule has 1 aromatic rings. The molecule has 0 radical (unpaired) electrons. The second kappa shape index (κ2) is 5.81. The van der Waals surface area contributed by atoms with Gasteiger partial charge in [0.25, 0.3) is 5.91 Å². The van der Waals surface area contributed by atoms with Crippen molar-refractivity contribution in [1.82, 2.24) is 0 Å². The summed E-state index contributed by atoms with van der Waals surface area (Å²) >= 11 is 4.79. The molecule has 1 heterocycles. The van der Waals surface area contributed by atoms with Crippen molar-refractivity contribution >= 4 is 45.2 Å². The summed E-state index contributed by atoms with van der Waals surface area (Å²) in [5, 5.41) is 0. The smallest absolute Gasteiger partial charge is 0.331 e. The molecule has 1 atom stereocenters. The van der Waals surface area contributed by atoms with Crippen LogP contribution in [0.5, 0.6) is 0 Å². The molecular formula is C10H10BrNO3S. The Kier molecular flexibility index (Phi) is 4.70. The molecule has 6 heteroatoms. The van der Waals surface area contributed by atoms with Gasteiger partial charge in [-0.3, -0.25) is 4.79 Å². The first-order chi connectivity index (χ1) is 7.49. The van der Waals surface area contributed by atoms with Gasteiger partial charge in [-0.25, -0.2) is 4.79 Å². The Morgan fingerprint density at radius 1 is 1.56 bits per heavy atom. The number of hydrogen-bond acceptors (Lipinski definition) is 4. The van der Waals surface area contributed by atoms with Gasteiger partial charge in [0.05, 0.1) is 3.79 Å². The quantitative estimate of drug-likeness (QED) is 0.682. The zero-order valence-corrected chi connectivity index (χ0v) is 10.9. The number of amides is 1. The number of carbonyl (C=O) groups excluding carboxylic acids is 2. The molecule has 0 aliphatic carbocycles. The molecule has 0 unspecified atom stereocenters. The number of halogens is 1. The Labute approximate surface area is 105 Å². The highest BCUT2D eigenvalue weighted by atomic mass is 79.9. The van der Waals surface area contributed by atoms with E-state index in [0.717, 1.165) is 8.66 Å². The van der Waals surface area contributed by atoms with Gasteiger partial charge in [-0.2, -0.15) is 0 Å².